The van der Waals surface area contributed by atoms with Gasteiger partial charge in [-0.05, 0) is 33.3 Å². The number of rotatable bonds is 7. The smallest absolute Gasteiger partial charge is 0.410 e. The summed E-state index contributed by atoms with van der Waals surface area (Å²) in [7, 11) is 4.79. The van der Waals surface area contributed by atoms with E-state index in [4.69, 9.17) is 14.2 Å². The van der Waals surface area contributed by atoms with E-state index in [1.807, 2.05) is 6.92 Å². The van der Waals surface area contributed by atoms with Crippen molar-refractivity contribution in [3.63, 3.8) is 0 Å². The van der Waals surface area contributed by atoms with E-state index in [0.717, 1.165) is 6.42 Å². The second-order valence-corrected chi connectivity index (χ2v) is 9.91. The third-order valence-corrected chi connectivity index (χ3v) is 5.65. The zero-order valence-electron chi connectivity index (χ0n) is 22.5. The van der Waals surface area contributed by atoms with Crippen molar-refractivity contribution < 1.29 is 28.6 Å². The molecule has 3 rings (SSSR count). The van der Waals surface area contributed by atoms with Gasteiger partial charge in [0.05, 0.1) is 25.1 Å². The average molecular weight is 518 g/mol. The van der Waals surface area contributed by atoms with Crippen LogP contribution in [0.4, 0.5) is 16.2 Å². The molecule has 0 atom stereocenters. The number of hydrogen-bond donors (Lipinski definition) is 0. The number of fused-ring (bicyclic) bond motifs is 1. The first-order valence-electron chi connectivity index (χ1n) is 12.1. The number of piperazine rings is 1. The molecule has 0 saturated carbocycles. The highest BCUT2D eigenvalue weighted by Crippen LogP contribution is 2.29. The highest BCUT2D eigenvalue weighted by Gasteiger charge is 2.33. The van der Waals surface area contributed by atoms with Crippen LogP contribution in [0.3, 0.4) is 0 Å². The first-order chi connectivity index (χ1) is 17.4. The molecule has 12 nitrogen and oxygen atoms in total. The van der Waals surface area contributed by atoms with Crippen LogP contribution in [0.2, 0.25) is 0 Å². The van der Waals surface area contributed by atoms with E-state index in [-0.39, 0.29) is 49.2 Å². The monoisotopic (exact) mass is 517 g/mol. The van der Waals surface area contributed by atoms with Crippen molar-refractivity contribution in [1.29, 1.82) is 0 Å². The maximum absolute atomic E-state index is 13.5. The Labute approximate surface area is 215 Å². The molecule has 202 valence electrons. The molecular weight excluding hydrogens is 482 g/mol. The second kappa shape index (κ2) is 11.1. The molecule has 0 aromatic carbocycles. The topological polar surface area (TPSA) is 123 Å². The van der Waals surface area contributed by atoms with Crippen molar-refractivity contribution in [2.45, 2.75) is 46.1 Å². The standard InChI is InChI=1S/C25H35N5O7/c1-8-9-12-36-20-19(23(33)35-7)26-21-17(13-16(27(5)6)14-30(21)22(20)32)29-11-10-28(15-18(29)31)24(34)37-25(2,3)4/h13-14H,8-12,15H2,1-7H3. The molecule has 0 N–H and O–H groups in total. The SMILES string of the molecule is CCCCOc1c(C(=O)OC)nc2c(N3CCN(C(=O)OC(C)(C)C)CC3=O)cc(N(C)C)cn2c1=O. The molecular formula is C25H35N5O7. The second-order valence-electron chi connectivity index (χ2n) is 9.91. The normalized spacial score (nSPS) is 14.1. The zero-order chi connectivity index (χ0) is 27.5. The Morgan fingerprint density at radius 2 is 1.86 bits per heavy atom. The summed E-state index contributed by atoms with van der Waals surface area (Å²) in [6.45, 7) is 7.62. The van der Waals surface area contributed by atoms with Crippen LogP contribution in [0.15, 0.2) is 17.1 Å². The summed E-state index contributed by atoms with van der Waals surface area (Å²) in [4.78, 5) is 60.8. The maximum Gasteiger partial charge on any atom is 0.410 e. The largest absolute Gasteiger partial charge is 0.486 e. The minimum Gasteiger partial charge on any atom is -0.486 e. The number of esters is 1. The number of unbranched alkanes of at least 4 members (excludes halogenated alkanes) is 1. The molecule has 37 heavy (non-hydrogen) atoms. The van der Waals surface area contributed by atoms with Crippen molar-refractivity contribution in [1.82, 2.24) is 14.3 Å². The summed E-state index contributed by atoms with van der Waals surface area (Å²) < 4.78 is 17.2. The van der Waals surface area contributed by atoms with Crippen LogP contribution in [0.5, 0.6) is 5.75 Å². The van der Waals surface area contributed by atoms with Gasteiger partial charge in [-0.25, -0.2) is 14.6 Å². The molecule has 1 aliphatic rings. The zero-order valence-corrected chi connectivity index (χ0v) is 22.5. The Morgan fingerprint density at radius 3 is 2.43 bits per heavy atom. The lowest BCUT2D eigenvalue weighted by atomic mass is 10.2. The molecule has 2 aromatic heterocycles. The Morgan fingerprint density at radius 1 is 1.16 bits per heavy atom. The van der Waals surface area contributed by atoms with Crippen LogP contribution < -0.4 is 20.1 Å². The van der Waals surface area contributed by atoms with Gasteiger partial charge in [0.2, 0.25) is 11.7 Å². The Balaban J connectivity index is 2.12. The minimum absolute atomic E-state index is 0.0953. The molecule has 0 unspecified atom stereocenters. The Bertz CT molecular complexity index is 1250. The number of hydrogen-bond acceptors (Lipinski definition) is 9. The van der Waals surface area contributed by atoms with Crippen molar-refractivity contribution in [3.8, 4) is 5.75 Å². The molecule has 1 aliphatic heterocycles. The van der Waals surface area contributed by atoms with E-state index in [9.17, 15) is 19.2 Å². The van der Waals surface area contributed by atoms with Crippen LogP contribution >= 0.6 is 0 Å². The Hall–Kier alpha value is -3.83. The van der Waals surface area contributed by atoms with Gasteiger partial charge in [-0.15, -0.1) is 0 Å². The number of pyridine rings is 1. The summed E-state index contributed by atoms with van der Waals surface area (Å²) in [5, 5.41) is 0. The lowest BCUT2D eigenvalue weighted by molar-refractivity contribution is -0.121. The fourth-order valence-corrected chi connectivity index (χ4v) is 3.73. The molecule has 0 aliphatic carbocycles. The van der Waals surface area contributed by atoms with E-state index in [1.165, 1.54) is 21.3 Å². The molecule has 1 saturated heterocycles. The average Bonchev–Trinajstić information content (AvgIpc) is 2.83. The number of aromatic nitrogens is 2. The minimum atomic E-state index is -0.824. The number of amides is 2. The summed E-state index contributed by atoms with van der Waals surface area (Å²) >= 11 is 0. The van der Waals surface area contributed by atoms with Gasteiger partial charge in [0.1, 0.15) is 12.1 Å². The third kappa shape index (κ3) is 6.12. The summed E-state index contributed by atoms with van der Waals surface area (Å²) in [6, 6.07) is 1.71. The molecule has 12 heteroatoms. The van der Waals surface area contributed by atoms with Crippen molar-refractivity contribution in [3.05, 3.63) is 28.3 Å². The number of nitrogens with zero attached hydrogens (tertiary/aromatic N) is 5. The third-order valence-electron chi connectivity index (χ3n) is 5.65. The number of carbonyl (C=O) groups excluding carboxylic acids is 3. The molecule has 2 aromatic rings. The quantitative estimate of drug-likeness (QED) is 0.402. The maximum atomic E-state index is 13.5. The van der Waals surface area contributed by atoms with Crippen LogP contribution in [0, 0.1) is 0 Å². The van der Waals surface area contributed by atoms with Crippen LogP contribution in [0.1, 0.15) is 51.0 Å². The van der Waals surface area contributed by atoms with E-state index in [0.29, 0.717) is 17.8 Å². The molecule has 3 heterocycles. The number of methoxy groups -OCH3 is 1. The lowest BCUT2D eigenvalue weighted by Gasteiger charge is -2.35. The van der Waals surface area contributed by atoms with E-state index in [1.54, 1.807) is 52.0 Å². The predicted octanol–water partition coefficient (Wildman–Crippen LogP) is 2.31. The van der Waals surface area contributed by atoms with Gasteiger partial charge in [0, 0.05) is 33.4 Å². The molecule has 2 amide bonds. The molecule has 1 fully saturated rings. The fourth-order valence-electron chi connectivity index (χ4n) is 3.73. The molecule has 0 bridgehead atoms. The van der Waals surface area contributed by atoms with Gasteiger partial charge in [-0.3, -0.25) is 18.9 Å². The molecule has 0 spiro atoms. The summed E-state index contributed by atoms with van der Waals surface area (Å²) in [6.07, 6.45) is 2.51. The van der Waals surface area contributed by atoms with Gasteiger partial charge in [-0.1, -0.05) is 13.3 Å². The highest BCUT2D eigenvalue weighted by atomic mass is 16.6. The van der Waals surface area contributed by atoms with Gasteiger partial charge < -0.3 is 24.0 Å². The number of ether oxygens (including phenoxy) is 3. The van der Waals surface area contributed by atoms with Crippen molar-refractivity contribution in [2.24, 2.45) is 0 Å². The van der Waals surface area contributed by atoms with Gasteiger partial charge in [0.25, 0.3) is 0 Å². The first-order valence-corrected chi connectivity index (χ1v) is 12.1. The first kappa shape index (κ1) is 27.8. The predicted molar refractivity (Wildman–Crippen MR) is 138 cm³/mol. The Kier molecular flexibility index (Phi) is 8.29. The van der Waals surface area contributed by atoms with Crippen LogP contribution in [-0.4, -0.2) is 85.3 Å². The van der Waals surface area contributed by atoms with Gasteiger partial charge >= 0.3 is 17.6 Å². The van der Waals surface area contributed by atoms with E-state index >= 15 is 0 Å². The molecule has 0 radical (unpaired) electrons. The number of anilines is 2. The van der Waals surface area contributed by atoms with Crippen molar-refractivity contribution in [2.75, 3.05) is 57.2 Å². The summed E-state index contributed by atoms with van der Waals surface area (Å²) in [5.74, 6) is -1.41. The number of carbonyl (C=O) groups is 3. The van der Waals surface area contributed by atoms with E-state index in [2.05, 4.69) is 4.98 Å². The lowest BCUT2D eigenvalue weighted by Crippen LogP contribution is -2.53. The van der Waals surface area contributed by atoms with Crippen LogP contribution in [0.25, 0.3) is 5.65 Å². The summed E-state index contributed by atoms with van der Waals surface area (Å²) in [5.41, 5.74) is -0.507. The van der Waals surface area contributed by atoms with Crippen molar-refractivity contribution >= 4 is 35.0 Å². The highest BCUT2D eigenvalue weighted by molar-refractivity contribution is 6.01. The van der Waals surface area contributed by atoms with E-state index < -0.39 is 23.2 Å². The van der Waals surface area contributed by atoms with Crippen LogP contribution in [-0.2, 0) is 14.3 Å². The van der Waals surface area contributed by atoms with Gasteiger partial charge in [-0.2, -0.15) is 0 Å². The fraction of sp³-hybridized carbons (Fsp3) is 0.560. The van der Waals surface area contributed by atoms with Gasteiger partial charge in [0.15, 0.2) is 11.3 Å².